The summed E-state index contributed by atoms with van der Waals surface area (Å²) in [5.41, 5.74) is 2.60. The second-order valence-electron chi connectivity index (χ2n) is 8.22. The summed E-state index contributed by atoms with van der Waals surface area (Å²) in [7, 11) is 1.59. The summed E-state index contributed by atoms with van der Waals surface area (Å²) in [4.78, 5) is 12.6. The molecule has 0 saturated carbocycles. The van der Waals surface area contributed by atoms with Crippen LogP contribution in [-0.2, 0) is 0 Å². The van der Waals surface area contributed by atoms with Gasteiger partial charge in [0, 0.05) is 11.5 Å². The molecule has 0 aliphatic rings. The maximum absolute atomic E-state index is 13.3. The van der Waals surface area contributed by atoms with E-state index in [1.807, 2.05) is 49.4 Å². The zero-order valence-corrected chi connectivity index (χ0v) is 19.6. The number of methoxy groups -OCH3 is 1. The Labute approximate surface area is 206 Å². The first kappa shape index (κ1) is 23.1. The molecule has 0 spiro atoms. The highest BCUT2D eigenvalue weighted by molar-refractivity contribution is 5.92. The van der Waals surface area contributed by atoms with Crippen molar-refractivity contribution in [3.63, 3.8) is 0 Å². The molecule has 2 unspecified atom stereocenters. The van der Waals surface area contributed by atoms with E-state index in [0.717, 1.165) is 22.2 Å². The second kappa shape index (κ2) is 9.91. The molecule has 0 radical (unpaired) electrons. The highest BCUT2D eigenvalue weighted by Crippen LogP contribution is 2.30. The minimum Gasteiger partial charge on any atom is -0.497 e. The van der Waals surface area contributed by atoms with Crippen LogP contribution in [0.5, 0.6) is 11.5 Å². The molecule has 9 heteroatoms. The van der Waals surface area contributed by atoms with Crippen LogP contribution < -0.4 is 14.8 Å². The molecule has 1 N–H and O–H groups in total. The van der Waals surface area contributed by atoms with Crippen molar-refractivity contribution in [2.24, 2.45) is 0 Å². The number of aromatic nitrogens is 3. The third-order valence-corrected chi connectivity index (χ3v) is 5.78. The van der Waals surface area contributed by atoms with Gasteiger partial charge in [-0.1, -0.05) is 17.3 Å². The minimum atomic E-state index is -0.541. The molecule has 2 atom stereocenters. The molecule has 36 heavy (non-hydrogen) atoms. The molecule has 0 aliphatic heterocycles. The fourth-order valence-corrected chi connectivity index (χ4v) is 3.98. The molecule has 2 aromatic heterocycles. The first-order valence-corrected chi connectivity index (χ1v) is 11.3. The molecule has 182 valence electrons. The first-order valence-electron chi connectivity index (χ1n) is 11.3. The predicted molar refractivity (Wildman–Crippen MR) is 131 cm³/mol. The molecule has 2 heterocycles. The van der Waals surface area contributed by atoms with E-state index in [9.17, 15) is 9.18 Å². The van der Waals surface area contributed by atoms with E-state index in [0.29, 0.717) is 11.5 Å². The number of nitrogens with one attached hydrogen (secondary N) is 1. The summed E-state index contributed by atoms with van der Waals surface area (Å²) in [6.07, 6.45) is 2.53. The van der Waals surface area contributed by atoms with Crippen LogP contribution in [0.1, 0.15) is 29.1 Å². The van der Waals surface area contributed by atoms with Gasteiger partial charge in [-0.3, -0.25) is 4.79 Å². The van der Waals surface area contributed by atoms with Gasteiger partial charge in [0.05, 0.1) is 30.6 Å². The Morgan fingerprint density at radius 3 is 2.64 bits per heavy atom. The lowest BCUT2D eigenvalue weighted by Gasteiger charge is -2.26. The maximum atomic E-state index is 13.3. The molecular weight excluding hydrogens is 463 g/mol. The molecule has 0 bridgehead atoms. The van der Waals surface area contributed by atoms with Crippen molar-refractivity contribution in [3.05, 3.63) is 102 Å². The fraction of sp³-hybridized carbons (Fsp3) is 0.148. The first-order chi connectivity index (χ1) is 17.5. The number of benzene rings is 3. The van der Waals surface area contributed by atoms with Gasteiger partial charge in [-0.15, -0.1) is 0 Å². The molecule has 8 nitrogen and oxygen atoms in total. The fourth-order valence-electron chi connectivity index (χ4n) is 3.98. The Bertz CT molecular complexity index is 1480. The number of nitrogens with zero attached hydrogens (tertiary/aromatic N) is 3. The van der Waals surface area contributed by atoms with E-state index in [1.54, 1.807) is 30.1 Å². The van der Waals surface area contributed by atoms with Crippen molar-refractivity contribution in [2.45, 2.75) is 19.1 Å². The predicted octanol–water partition coefficient (Wildman–Crippen LogP) is 5.10. The molecule has 5 rings (SSSR count). The van der Waals surface area contributed by atoms with Crippen LogP contribution >= 0.6 is 0 Å². The number of hydrogen-bond acceptors (Lipinski definition) is 6. The number of halogens is 1. The van der Waals surface area contributed by atoms with Crippen molar-refractivity contribution >= 4 is 16.8 Å². The summed E-state index contributed by atoms with van der Waals surface area (Å²) in [5.74, 6) is 0.590. The van der Waals surface area contributed by atoms with Crippen LogP contribution in [0.15, 0.2) is 89.8 Å². The van der Waals surface area contributed by atoms with E-state index in [4.69, 9.17) is 14.0 Å². The SMILES string of the molecule is COc1cccc(C(Oc2ccc3c(cnn3-c3ccc(F)cc3)c2)C(C)NC(=O)c2ccon2)c1. The van der Waals surface area contributed by atoms with Crippen molar-refractivity contribution in [1.82, 2.24) is 20.3 Å². The number of fused-ring (bicyclic) bond motifs is 1. The van der Waals surface area contributed by atoms with Gasteiger partial charge in [0.2, 0.25) is 0 Å². The van der Waals surface area contributed by atoms with Gasteiger partial charge in [0.25, 0.3) is 5.91 Å². The normalized spacial score (nSPS) is 12.8. The Morgan fingerprint density at radius 2 is 1.89 bits per heavy atom. The van der Waals surface area contributed by atoms with Gasteiger partial charge in [-0.2, -0.15) is 5.10 Å². The summed E-state index contributed by atoms with van der Waals surface area (Å²) in [6.45, 7) is 1.85. The van der Waals surface area contributed by atoms with Gasteiger partial charge in [-0.05, 0) is 67.1 Å². The van der Waals surface area contributed by atoms with Crippen LogP contribution in [0.2, 0.25) is 0 Å². The van der Waals surface area contributed by atoms with Gasteiger partial charge in [-0.25, -0.2) is 9.07 Å². The lowest BCUT2D eigenvalue weighted by molar-refractivity contribution is 0.0873. The van der Waals surface area contributed by atoms with Crippen molar-refractivity contribution < 1.29 is 23.2 Å². The summed E-state index contributed by atoms with van der Waals surface area (Å²) in [6, 6.07) is 20.3. The molecule has 0 saturated heterocycles. The third kappa shape index (κ3) is 4.76. The lowest BCUT2D eigenvalue weighted by atomic mass is 10.0. The number of rotatable bonds is 8. The van der Waals surface area contributed by atoms with E-state index in [-0.39, 0.29) is 17.4 Å². The Kier molecular flexibility index (Phi) is 6.36. The molecule has 0 aliphatic carbocycles. The van der Waals surface area contributed by atoms with Crippen LogP contribution in [0.25, 0.3) is 16.6 Å². The number of hydrogen-bond donors (Lipinski definition) is 1. The maximum Gasteiger partial charge on any atom is 0.273 e. The van der Waals surface area contributed by atoms with Gasteiger partial charge in [0.15, 0.2) is 5.69 Å². The molecule has 3 aromatic carbocycles. The van der Waals surface area contributed by atoms with Gasteiger partial charge < -0.3 is 19.3 Å². The van der Waals surface area contributed by atoms with E-state index >= 15 is 0 Å². The van der Waals surface area contributed by atoms with E-state index < -0.39 is 12.1 Å². The molecular formula is C27H23FN4O4. The van der Waals surface area contributed by atoms with Crippen LogP contribution in [0, 0.1) is 5.82 Å². The number of carbonyl (C=O) groups excluding carboxylic acids is 1. The van der Waals surface area contributed by atoms with Gasteiger partial charge >= 0.3 is 0 Å². The quantitative estimate of drug-likeness (QED) is 0.328. The van der Waals surface area contributed by atoms with Crippen LogP contribution in [0.3, 0.4) is 0 Å². The summed E-state index contributed by atoms with van der Waals surface area (Å²) < 4.78 is 31.7. The molecule has 5 aromatic rings. The number of ether oxygens (including phenoxy) is 2. The van der Waals surface area contributed by atoms with E-state index in [1.165, 1.54) is 24.5 Å². The Morgan fingerprint density at radius 1 is 1.06 bits per heavy atom. The van der Waals surface area contributed by atoms with E-state index in [2.05, 4.69) is 15.6 Å². The Balaban J connectivity index is 1.44. The average molecular weight is 487 g/mol. The van der Waals surface area contributed by atoms with Crippen molar-refractivity contribution in [3.8, 4) is 17.2 Å². The standard InChI is InChI=1S/C27H23FN4O4/c1-17(30-27(33)24-12-13-35-31-24)26(18-4-3-5-22(14-18)34-2)36-23-10-11-25-19(15-23)16-29-32(25)21-8-6-20(28)7-9-21/h3-17,26H,1-2H3,(H,30,33). The largest absolute Gasteiger partial charge is 0.497 e. The topological polar surface area (TPSA) is 91.4 Å². The van der Waals surface area contributed by atoms with Crippen LogP contribution in [0.4, 0.5) is 4.39 Å². The lowest BCUT2D eigenvalue weighted by Crippen LogP contribution is -2.39. The zero-order chi connectivity index (χ0) is 25.1. The van der Waals surface area contributed by atoms with Crippen LogP contribution in [-0.4, -0.2) is 34.0 Å². The van der Waals surface area contributed by atoms with Gasteiger partial charge in [0.1, 0.15) is 29.7 Å². The summed E-state index contributed by atoms with van der Waals surface area (Å²) in [5, 5.41) is 11.9. The smallest absolute Gasteiger partial charge is 0.273 e. The van der Waals surface area contributed by atoms with Crippen molar-refractivity contribution in [1.29, 1.82) is 0 Å². The highest BCUT2D eigenvalue weighted by atomic mass is 19.1. The minimum absolute atomic E-state index is 0.181. The zero-order valence-electron chi connectivity index (χ0n) is 19.6. The van der Waals surface area contributed by atoms with Crippen molar-refractivity contribution in [2.75, 3.05) is 7.11 Å². The molecule has 0 fully saturated rings. The second-order valence-corrected chi connectivity index (χ2v) is 8.22. The Hall–Kier alpha value is -4.66. The molecule has 1 amide bonds. The number of amides is 1. The monoisotopic (exact) mass is 486 g/mol. The number of carbonyl (C=O) groups is 1. The highest BCUT2D eigenvalue weighted by Gasteiger charge is 2.25. The average Bonchev–Trinajstić information content (AvgIpc) is 3.58. The third-order valence-electron chi connectivity index (χ3n) is 5.78. The summed E-state index contributed by atoms with van der Waals surface area (Å²) >= 11 is 0.